The average molecular weight is 325 g/mol. The molecule has 0 unspecified atom stereocenters. The summed E-state index contributed by atoms with van der Waals surface area (Å²) in [6.07, 6.45) is 0.775. The van der Waals surface area contributed by atoms with Crippen LogP contribution >= 0.6 is 11.3 Å². The van der Waals surface area contributed by atoms with Crippen molar-refractivity contribution < 1.29 is 14.3 Å². The van der Waals surface area contributed by atoms with Crippen molar-refractivity contribution in [2.45, 2.75) is 32.4 Å². The molecule has 1 aromatic rings. The van der Waals surface area contributed by atoms with E-state index in [4.69, 9.17) is 4.74 Å². The highest BCUT2D eigenvalue weighted by Crippen LogP contribution is 2.12. The van der Waals surface area contributed by atoms with Crippen molar-refractivity contribution in [2.75, 3.05) is 26.3 Å². The van der Waals surface area contributed by atoms with Gasteiger partial charge in [-0.3, -0.25) is 15.0 Å². The van der Waals surface area contributed by atoms with Crippen LogP contribution in [-0.2, 0) is 16.0 Å². The molecule has 3 amide bonds. The van der Waals surface area contributed by atoms with Gasteiger partial charge < -0.3 is 10.1 Å². The summed E-state index contributed by atoms with van der Waals surface area (Å²) < 4.78 is 5.42. The number of nitrogens with one attached hydrogen (secondary N) is 2. The number of carbonyl (C=O) groups excluding carboxylic acids is 2. The smallest absolute Gasteiger partial charge is 0.321 e. The van der Waals surface area contributed by atoms with Gasteiger partial charge in [0.1, 0.15) is 0 Å². The first-order chi connectivity index (χ1) is 10.6. The Morgan fingerprint density at radius 1 is 1.36 bits per heavy atom. The van der Waals surface area contributed by atoms with Crippen LogP contribution in [-0.4, -0.2) is 55.2 Å². The van der Waals surface area contributed by atoms with Crippen molar-refractivity contribution in [1.82, 2.24) is 15.5 Å². The van der Waals surface area contributed by atoms with Crippen molar-refractivity contribution >= 4 is 23.3 Å². The second-order valence-corrected chi connectivity index (χ2v) is 6.57. The zero-order valence-corrected chi connectivity index (χ0v) is 13.8. The Kier molecular flexibility index (Phi) is 6.35. The van der Waals surface area contributed by atoms with Gasteiger partial charge in [0.2, 0.25) is 5.91 Å². The maximum Gasteiger partial charge on any atom is 0.321 e. The number of amides is 3. The van der Waals surface area contributed by atoms with E-state index in [9.17, 15) is 9.59 Å². The van der Waals surface area contributed by atoms with E-state index in [2.05, 4.69) is 15.5 Å². The molecule has 0 spiro atoms. The van der Waals surface area contributed by atoms with Crippen molar-refractivity contribution in [1.29, 1.82) is 0 Å². The third-order valence-electron chi connectivity index (χ3n) is 3.67. The molecule has 2 N–H and O–H groups in total. The number of hydrogen-bond acceptors (Lipinski definition) is 5. The van der Waals surface area contributed by atoms with Gasteiger partial charge in [-0.25, -0.2) is 4.79 Å². The van der Waals surface area contributed by atoms with Crippen molar-refractivity contribution in [2.24, 2.45) is 0 Å². The van der Waals surface area contributed by atoms with Gasteiger partial charge in [0.05, 0.1) is 19.8 Å². The van der Waals surface area contributed by atoms with E-state index in [1.807, 2.05) is 31.4 Å². The van der Waals surface area contributed by atoms with Gasteiger partial charge in [-0.2, -0.15) is 0 Å². The Balaban J connectivity index is 1.68. The first-order valence-corrected chi connectivity index (χ1v) is 8.37. The molecule has 7 heteroatoms. The van der Waals surface area contributed by atoms with Crippen molar-refractivity contribution in [3.63, 3.8) is 0 Å². The SMILES string of the molecule is C[C@@H]1COC[C@@H](C)N1CC(=O)NC(=O)NCCc1cccs1. The van der Waals surface area contributed by atoms with Gasteiger partial charge >= 0.3 is 6.03 Å². The summed E-state index contributed by atoms with van der Waals surface area (Å²) in [5, 5.41) is 7.09. The number of carbonyl (C=O) groups is 2. The average Bonchev–Trinajstić information content (AvgIpc) is 2.96. The molecule has 2 rings (SSSR count). The number of thiophene rings is 1. The first-order valence-electron chi connectivity index (χ1n) is 7.50. The molecule has 22 heavy (non-hydrogen) atoms. The van der Waals surface area contributed by atoms with Crippen LogP contribution in [0.25, 0.3) is 0 Å². The predicted molar refractivity (Wildman–Crippen MR) is 86.0 cm³/mol. The van der Waals surface area contributed by atoms with Gasteiger partial charge in [0.25, 0.3) is 0 Å². The van der Waals surface area contributed by atoms with E-state index in [1.54, 1.807) is 11.3 Å². The largest absolute Gasteiger partial charge is 0.378 e. The van der Waals surface area contributed by atoms with Crippen LogP contribution in [0.5, 0.6) is 0 Å². The topological polar surface area (TPSA) is 70.7 Å². The lowest BCUT2D eigenvalue weighted by Crippen LogP contribution is -2.54. The molecule has 2 heterocycles. The number of nitrogens with zero attached hydrogens (tertiary/aromatic N) is 1. The molecular weight excluding hydrogens is 302 g/mol. The van der Waals surface area contributed by atoms with E-state index in [0.29, 0.717) is 19.8 Å². The fourth-order valence-corrected chi connectivity index (χ4v) is 3.19. The lowest BCUT2D eigenvalue weighted by molar-refractivity contribution is -0.125. The number of ether oxygens (including phenoxy) is 1. The molecule has 0 aromatic carbocycles. The summed E-state index contributed by atoms with van der Waals surface area (Å²) in [6.45, 7) is 6.00. The minimum absolute atomic E-state index is 0.177. The highest BCUT2D eigenvalue weighted by molar-refractivity contribution is 7.09. The van der Waals surface area contributed by atoms with E-state index < -0.39 is 6.03 Å². The Morgan fingerprint density at radius 2 is 2.09 bits per heavy atom. The van der Waals surface area contributed by atoms with Crippen LogP contribution in [0, 0.1) is 0 Å². The molecule has 122 valence electrons. The van der Waals surface area contributed by atoms with Crippen molar-refractivity contribution in [3.8, 4) is 0 Å². The van der Waals surface area contributed by atoms with Crippen molar-refractivity contribution in [3.05, 3.63) is 22.4 Å². The van der Waals surface area contributed by atoms with E-state index in [0.717, 1.165) is 6.42 Å². The van der Waals surface area contributed by atoms with Gasteiger partial charge in [0, 0.05) is 23.5 Å². The zero-order valence-electron chi connectivity index (χ0n) is 13.0. The Labute approximate surface area is 134 Å². The third-order valence-corrected chi connectivity index (χ3v) is 4.60. The second-order valence-electron chi connectivity index (χ2n) is 5.54. The molecule has 0 bridgehead atoms. The Bertz CT molecular complexity index is 482. The van der Waals surface area contributed by atoms with Crippen LogP contribution in [0.2, 0.25) is 0 Å². The van der Waals surface area contributed by atoms with Crippen LogP contribution < -0.4 is 10.6 Å². The summed E-state index contributed by atoms with van der Waals surface area (Å²) in [4.78, 5) is 26.9. The molecule has 0 aliphatic carbocycles. The minimum atomic E-state index is -0.435. The molecule has 0 saturated carbocycles. The predicted octanol–water partition coefficient (Wildman–Crippen LogP) is 1.23. The normalized spacial score (nSPS) is 22.3. The van der Waals surface area contributed by atoms with Gasteiger partial charge in [0.15, 0.2) is 0 Å². The summed E-state index contributed by atoms with van der Waals surface area (Å²) in [5.74, 6) is -0.283. The number of imide groups is 1. The van der Waals surface area contributed by atoms with Gasteiger partial charge in [-0.15, -0.1) is 11.3 Å². The molecule has 0 radical (unpaired) electrons. The monoisotopic (exact) mass is 325 g/mol. The third kappa shape index (κ3) is 5.08. The number of morpholine rings is 1. The fourth-order valence-electron chi connectivity index (χ4n) is 2.48. The summed E-state index contributed by atoms with van der Waals surface area (Å²) >= 11 is 1.66. The quantitative estimate of drug-likeness (QED) is 0.854. The number of urea groups is 1. The molecule has 1 saturated heterocycles. The lowest BCUT2D eigenvalue weighted by atomic mass is 10.2. The standard InChI is InChI=1S/C15H23N3O3S/c1-11-9-21-10-12(2)18(11)8-14(19)17-15(20)16-6-5-13-4-3-7-22-13/h3-4,7,11-12H,5-6,8-10H2,1-2H3,(H2,16,17,19,20)/t11-,12-/m1/s1. The number of rotatable bonds is 5. The Morgan fingerprint density at radius 3 is 2.73 bits per heavy atom. The summed E-state index contributed by atoms with van der Waals surface area (Å²) in [5.41, 5.74) is 0. The fraction of sp³-hybridized carbons (Fsp3) is 0.600. The second kappa shape index (κ2) is 8.26. The summed E-state index contributed by atoms with van der Waals surface area (Å²) in [6, 6.07) is 3.92. The maximum atomic E-state index is 12.0. The molecule has 6 nitrogen and oxygen atoms in total. The van der Waals surface area contributed by atoms with Gasteiger partial charge in [-0.1, -0.05) is 6.07 Å². The molecular formula is C15H23N3O3S. The lowest BCUT2D eigenvalue weighted by Gasteiger charge is -2.38. The zero-order chi connectivity index (χ0) is 15.9. The number of hydrogen-bond donors (Lipinski definition) is 2. The molecule has 1 aromatic heterocycles. The van der Waals surface area contributed by atoms with Crippen LogP contribution in [0.15, 0.2) is 17.5 Å². The minimum Gasteiger partial charge on any atom is -0.378 e. The highest BCUT2D eigenvalue weighted by atomic mass is 32.1. The van der Waals surface area contributed by atoms with Crippen LogP contribution in [0.4, 0.5) is 4.79 Å². The molecule has 1 fully saturated rings. The van der Waals surface area contributed by atoms with Gasteiger partial charge in [-0.05, 0) is 31.7 Å². The van der Waals surface area contributed by atoms with Crippen LogP contribution in [0.1, 0.15) is 18.7 Å². The maximum absolute atomic E-state index is 12.0. The van der Waals surface area contributed by atoms with E-state index in [-0.39, 0.29) is 24.5 Å². The first kappa shape index (κ1) is 16.9. The highest BCUT2D eigenvalue weighted by Gasteiger charge is 2.27. The molecule has 1 aliphatic heterocycles. The van der Waals surface area contributed by atoms with Crippen LogP contribution in [0.3, 0.4) is 0 Å². The Hall–Kier alpha value is -1.44. The van der Waals surface area contributed by atoms with E-state index >= 15 is 0 Å². The molecule has 2 atom stereocenters. The van der Waals surface area contributed by atoms with E-state index in [1.165, 1.54) is 4.88 Å². The molecule has 1 aliphatic rings. The summed E-state index contributed by atoms with van der Waals surface area (Å²) in [7, 11) is 0.